The van der Waals surface area contributed by atoms with Crippen molar-refractivity contribution in [2.45, 2.75) is 91.9 Å². The van der Waals surface area contributed by atoms with E-state index in [0.717, 1.165) is 6.42 Å². The minimum Gasteiger partial charge on any atom is -1.00 e. The summed E-state index contributed by atoms with van der Waals surface area (Å²) in [5.74, 6) is 0. The molecule has 0 spiro atoms. The SMILES string of the molecule is CCCCc1ccc([Si](c2ccc(CCCC)cc2)(c2ccc(CCCC)cc2)[c-]2cccc2CC)cc1.[Cl-].[Cl-].[Cl-].[Ti+4]. The fraction of sp³-hybridized carbons (Fsp3) is 0.378. The molecule has 4 rings (SSSR count). The van der Waals surface area contributed by atoms with Gasteiger partial charge >= 0.3 is 21.7 Å². The minimum atomic E-state index is -2.48. The number of unbranched alkanes of at least 4 members (excludes halogenated alkanes) is 3. The first-order chi connectivity index (χ1) is 18.7. The van der Waals surface area contributed by atoms with E-state index in [1.807, 2.05) is 0 Å². The van der Waals surface area contributed by atoms with Crippen LogP contribution in [-0.2, 0) is 47.4 Å². The zero-order valence-corrected chi connectivity index (χ0v) is 30.7. The van der Waals surface area contributed by atoms with E-state index in [-0.39, 0.29) is 58.9 Å². The number of hydrogen-bond acceptors (Lipinski definition) is 0. The van der Waals surface area contributed by atoms with Crippen molar-refractivity contribution in [3.63, 3.8) is 0 Å². The van der Waals surface area contributed by atoms with Crippen LogP contribution in [0.4, 0.5) is 0 Å². The van der Waals surface area contributed by atoms with E-state index in [1.165, 1.54) is 95.6 Å². The molecule has 0 bridgehead atoms. The zero-order chi connectivity index (χ0) is 26.8. The molecule has 0 saturated carbocycles. The van der Waals surface area contributed by atoms with E-state index in [2.05, 4.69) is 119 Å². The first kappa shape index (κ1) is 40.8. The van der Waals surface area contributed by atoms with Gasteiger partial charge in [0.2, 0.25) is 0 Å². The first-order valence-corrected chi connectivity index (χ1v) is 17.2. The Labute approximate surface area is 291 Å². The van der Waals surface area contributed by atoms with Crippen LogP contribution in [-0.4, -0.2) is 8.07 Å². The first-order valence-electron chi connectivity index (χ1n) is 15.2. The second-order valence-electron chi connectivity index (χ2n) is 11.0. The quantitative estimate of drug-likeness (QED) is 0.0859. The van der Waals surface area contributed by atoms with Gasteiger partial charge in [-0.15, -0.1) is 5.19 Å². The molecule has 0 aromatic heterocycles. The molecular formula is C37H47Cl3SiTi. The predicted molar refractivity (Wildman–Crippen MR) is 171 cm³/mol. The monoisotopic (exact) mass is 672 g/mol. The molecule has 0 aliphatic carbocycles. The van der Waals surface area contributed by atoms with Crippen LogP contribution in [0.1, 0.15) is 88.5 Å². The largest absolute Gasteiger partial charge is 4.00 e. The Hall–Kier alpha value is -1.19. The van der Waals surface area contributed by atoms with Gasteiger partial charge in [0.25, 0.3) is 0 Å². The van der Waals surface area contributed by atoms with Crippen molar-refractivity contribution in [3.8, 4) is 0 Å². The molecule has 0 N–H and O–H groups in total. The van der Waals surface area contributed by atoms with Gasteiger partial charge in [-0.25, -0.2) is 12.1 Å². The molecule has 0 amide bonds. The summed E-state index contributed by atoms with van der Waals surface area (Å²) in [6, 6.07) is 36.4. The topological polar surface area (TPSA) is 0 Å². The van der Waals surface area contributed by atoms with Gasteiger partial charge in [0, 0.05) is 0 Å². The summed E-state index contributed by atoms with van der Waals surface area (Å²) in [4.78, 5) is 0. The van der Waals surface area contributed by atoms with Crippen LogP contribution in [0, 0.1) is 0 Å². The third-order valence-electron chi connectivity index (χ3n) is 8.31. The number of aryl methyl sites for hydroxylation is 4. The zero-order valence-electron chi connectivity index (χ0n) is 25.9. The average Bonchev–Trinajstić information content (AvgIpc) is 3.45. The summed E-state index contributed by atoms with van der Waals surface area (Å²) in [5.41, 5.74) is 5.88. The van der Waals surface area contributed by atoms with Crippen LogP contribution < -0.4 is 58.0 Å². The van der Waals surface area contributed by atoms with Gasteiger partial charge in [-0.3, -0.25) is 0 Å². The average molecular weight is 674 g/mol. The summed E-state index contributed by atoms with van der Waals surface area (Å²) in [6.07, 6.45) is 12.0. The van der Waals surface area contributed by atoms with E-state index in [4.69, 9.17) is 0 Å². The molecule has 0 unspecified atom stereocenters. The van der Waals surface area contributed by atoms with Crippen molar-refractivity contribution in [1.29, 1.82) is 0 Å². The molecule has 5 heteroatoms. The van der Waals surface area contributed by atoms with Crippen LogP contribution >= 0.6 is 0 Å². The van der Waals surface area contributed by atoms with Gasteiger partial charge < -0.3 is 37.2 Å². The second-order valence-corrected chi connectivity index (χ2v) is 14.7. The van der Waals surface area contributed by atoms with E-state index in [0.29, 0.717) is 0 Å². The molecule has 4 aromatic carbocycles. The number of halogens is 3. The summed E-state index contributed by atoms with van der Waals surface area (Å²) < 4.78 is 0. The molecule has 4 aromatic rings. The maximum atomic E-state index is 2.47. The van der Waals surface area contributed by atoms with Crippen LogP contribution in [0.2, 0.25) is 0 Å². The van der Waals surface area contributed by atoms with Gasteiger partial charge in [0.15, 0.2) is 0 Å². The molecule has 0 nitrogen and oxygen atoms in total. The molecule has 42 heavy (non-hydrogen) atoms. The molecule has 0 saturated heterocycles. The van der Waals surface area contributed by atoms with Crippen LogP contribution in [0.5, 0.6) is 0 Å². The smallest absolute Gasteiger partial charge is 1.00 e. The molecule has 0 aliphatic rings. The molecule has 0 heterocycles. The third-order valence-corrected chi connectivity index (χ3v) is 13.2. The number of benzene rings is 3. The standard InChI is InChI=1S/C37H47Si.3ClH.Ti/c1-5-9-13-30-18-24-34(25-19-30)38(37-17-12-16-33(37)8-4,35-26-20-31(21-27-35)14-10-6-2)36-28-22-32(23-29-36)15-11-7-3;;;;/h12,16-29H,5-11,13-15H2,1-4H3;3*1H;/q-1;;;;+4/p-3. The van der Waals surface area contributed by atoms with E-state index < -0.39 is 8.07 Å². The third kappa shape index (κ3) is 9.40. The van der Waals surface area contributed by atoms with Gasteiger partial charge in [-0.1, -0.05) is 142 Å². The number of rotatable bonds is 14. The summed E-state index contributed by atoms with van der Waals surface area (Å²) in [5, 5.41) is 6.06. The minimum absolute atomic E-state index is 0. The van der Waals surface area contributed by atoms with E-state index >= 15 is 0 Å². The van der Waals surface area contributed by atoms with Crippen molar-refractivity contribution in [2.75, 3.05) is 0 Å². The number of hydrogen-bond donors (Lipinski definition) is 0. The van der Waals surface area contributed by atoms with Crippen LogP contribution in [0.15, 0.2) is 91.0 Å². The maximum Gasteiger partial charge on any atom is 4.00 e. The van der Waals surface area contributed by atoms with Crippen molar-refractivity contribution in [3.05, 3.63) is 113 Å². The summed E-state index contributed by atoms with van der Waals surface area (Å²) >= 11 is 0. The van der Waals surface area contributed by atoms with Gasteiger partial charge in [-0.05, 0) is 55.2 Å². The van der Waals surface area contributed by atoms with Crippen molar-refractivity contribution in [1.82, 2.24) is 0 Å². The van der Waals surface area contributed by atoms with Crippen molar-refractivity contribution in [2.24, 2.45) is 0 Å². The molecule has 0 fully saturated rings. The Morgan fingerprint density at radius 1 is 0.500 bits per heavy atom. The Bertz CT molecular complexity index is 1120. The molecule has 0 aliphatic heterocycles. The maximum absolute atomic E-state index is 2.48. The van der Waals surface area contributed by atoms with Crippen molar-refractivity contribution >= 4 is 28.8 Å². The predicted octanol–water partition coefficient (Wildman–Crippen LogP) is -1.62. The second kappa shape index (κ2) is 20.7. The fourth-order valence-electron chi connectivity index (χ4n) is 6.00. The summed E-state index contributed by atoms with van der Waals surface area (Å²) in [6.45, 7) is 9.15. The molecule has 0 radical (unpaired) electrons. The Balaban J connectivity index is 0.00000420. The molecular weight excluding hydrogens is 627 g/mol. The van der Waals surface area contributed by atoms with E-state index in [9.17, 15) is 0 Å². The van der Waals surface area contributed by atoms with Crippen LogP contribution in [0.3, 0.4) is 0 Å². The van der Waals surface area contributed by atoms with Crippen molar-refractivity contribution < 1.29 is 58.9 Å². The van der Waals surface area contributed by atoms with Gasteiger partial charge in [0.05, 0.1) is 0 Å². The summed E-state index contributed by atoms with van der Waals surface area (Å²) in [7, 11) is -2.48. The normalized spacial score (nSPS) is 10.6. The Kier molecular flexibility index (Phi) is 20.1. The Morgan fingerprint density at radius 3 is 1.12 bits per heavy atom. The molecule has 224 valence electrons. The molecule has 0 atom stereocenters. The fourth-order valence-corrected chi connectivity index (χ4v) is 11.0. The van der Waals surface area contributed by atoms with Gasteiger partial charge in [-0.2, -0.15) is 11.6 Å². The van der Waals surface area contributed by atoms with Gasteiger partial charge in [0.1, 0.15) is 8.07 Å². The van der Waals surface area contributed by atoms with E-state index in [1.54, 1.807) is 5.19 Å². The Morgan fingerprint density at radius 2 is 0.833 bits per heavy atom. The van der Waals surface area contributed by atoms with Crippen LogP contribution in [0.25, 0.3) is 0 Å².